The van der Waals surface area contributed by atoms with E-state index >= 15 is 0 Å². The van der Waals surface area contributed by atoms with Crippen molar-refractivity contribution in [2.45, 2.75) is 87.5 Å². The summed E-state index contributed by atoms with van der Waals surface area (Å²) in [7, 11) is 0. The lowest BCUT2D eigenvalue weighted by Gasteiger charge is -2.16. The Morgan fingerprint density at radius 2 is 0.857 bits per heavy atom. The second-order valence-electron chi connectivity index (χ2n) is 4.94. The lowest BCUT2D eigenvalue weighted by Crippen LogP contribution is -2.12. The van der Waals surface area contributed by atoms with Gasteiger partial charge in [-0.3, -0.25) is 0 Å². The van der Waals surface area contributed by atoms with Gasteiger partial charge in [0.05, 0.1) is 0 Å². The minimum absolute atomic E-state index is 0.900. The zero-order valence-electron chi connectivity index (χ0n) is 16.3. The monoisotopic (exact) mass is 304 g/mol. The maximum Gasteiger partial charge on any atom is 0.0468 e. The normalized spacial score (nSPS) is 21.4. The zero-order valence-corrected chi connectivity index (χ0v) is 16.3. The van der Waals surface area contributed by atoms with E-state index in [2.05, 4.69) is 13.8 Å². The van der Waals surface area contributed by atoms with Gasteiger partial charge in [0.2, 0.25) is 0 Å². The van der Waals surface area contributed by atoms with Crippen LogP contribution in [0.2, 0.25) is 0 Å². The van der Waals surface area contributed by atoms with Gasteiger partial charge in [0, 0.05) is 26.4 Å². The first-order valence-electron chi connectivity index (χ1n) is 9.44. The Bertz CT molecular complexity index is 135. The molecule has 0 aromatic rings. The van der Waals surface area contributed by atoms with Crippen LogP contribution in [0.4, 0.5) is 0 Å². The van der Waals surface area contributed by atoms with Gasteiger partial charge in [-0.05, 0) is 43.9 Å². The van der Waals surface area contributed by atoms with E-state index in [-0.39, 0.29) is 0 Å². The second kappa shape index (κ2) is 24.9. The standard InChI is InChI=1S/C7H14O.C6H12O.3C2H6/c1-7-3-2-5-8-6-4-7;1-6-2-4-7-5-3-6;3*1-2/h7H,2-6H2,1H3;6H,2-5H2,1H3;3*1-2H3. The van der Waals surface area contributed by atoms with Crippen LogP contribution in [0.25, 0.3) is 0 Å². The molecule has 21 heavy (non-hydrogen) atoms. The molecule has 2 saturated heterocycles. The Morgan fingerprint density at radius 1 is 0.524 bits per heavy atom. The highest BCUT2D eigenvalue weighted by molar-refractivity contribution is 4.56. The van der Waals surface area contributed by atoms with E-state index in [0.29, 0.717) is 0 Å². The molecule has 2 heteroatoms. The lowest BCUT2D eigenvalue weighted by molar-refractivity contribution is 0.0716. The third-order valence-electron chi connectivity index (χ3n) is 3.25. The van der Waals surface area contributed by atoms with E-state index in [0.717, 1.165) is 38.3 Å². The molecule has 0 saturated carbocycles. The van der Waals surface area contributed by atoms with Crippen LogP contribution in [-0.2, 0) is 9.47 Å². The van der Waals surface area contributed by atoms with Crippen LogP contribution in [0.5, 0.6) is 0 Å². The summed E-state index contributed by atoms with van der Waals surface area (Å²) < 4.78 is 10.4. The molecule has 0 aromatic heterocycles. The van der Waals surface area contributed by atoms with Crippen molar-refractivity contribution in [1.29, 1.82) is 0 Å². The Morgan fingerprint density at radius 3 is 1.24 bits per heavy atom. The van der Waals surface area contributed by atoms with E-state index in [4.69, 9.17) is 9.47 Å². The molecule has 0 bridgehead atoms. The first-order chi connectivity index (χ1) is 10.3. The van der Waals surface area contributed by atoms with E-state index in [1.54, 1.807) is 0 Å². The highest BCUT2D eigenvalue weighted by Gasteiger charge is 2.06. The summed E-state index contributed by atoms with van der Waals surface area (Å²) in [6, 6.07) is 0. The van der Waals surface area contributed by atoms with Crippen LogP contribution in [-0.4, -0.2) is 26.4 Å². The van der Waals surface area contributed by atoms with Crippen LogP contribution in [0.15, 0.2) is 0 Å². The van der Waals surface area contributed by atoms with E-state index < -0.39 is 0 Å². The minimum atomic E-state index is 0.900. The SMILES string of the molecule is CC.CC.CC.CC1CCCOCC1.CC1CCOCC1. The van der Waals surface area contributed by atoms with Crippen LogP contribution in [0.1, 0.15) is 87.5 Å². The summed E-state index contributed by atoms with van der Waals surface area (Å²) in [5, 5.41) is 0. The van der Waals surface area contributed by atoms with Gasteiger partial charge in [0.15, 0.2) is 0 Å². The average molecular weight is 305 g/mol. The smallest absolute Gasteiger partial charge is 0.0468 e. The van der Waals surface area contributed by atoms with E-state index in [1.807, 2.05) is 41.5 Å². The highest BCUT2D eigenvalue weighted by Crippen LogP contribution is 2.13. The molecule has 0 amide bonds. The fraction of sp³-hybridized carbons (Fsp3) is 1.00. The average Bonchev–Trinajstić information content (AvgIpc) is 2.82. The van der Waals surface area contributed by atoms with Gasteiger partial charge in [0.25, 0.3) is 0 Å². The quantitative estimate of drug-likeness (QED) is 0.520. The maximum atomic E-state index is 5.26. The lowest BCUT2D eigenvalue weighted by atomic mass is 10.0. The van der Waals surface area contributed by atoms with Crippen molar-refractivity contribution in [1.82, 2.24) is 0 Å². The molecule has 1 atom stereocenters. The fourth-order valence-electron chi connectivity index (χ4n) is 1.88. The topological polar surface area (TPSA) is 18.5 Å². The summed E-state index contributed by atoms with van der Waals surface area (Å²) in [6.45, 7) is 20.5. The van der Waals surface area contributed by atoms with Gasteiger partial charge in [-0.1, -0.05) is 55.4 Å². The molecule has 2 heterocycles. The molecular weight excluding hydrogens is 260 g/mol. The van der Waals surface area contributed by atoms with Gasteiger partial charge in [-0.25, -0.2) is 0 Å². The first-order valence-corrected chi connectivity index (χ1v) is 9.44. The van der Waals surface area contributed by atoms with Crippen LogP contribution in [0.3, 0.4) is 0 Å². The minimum Gasteiger partial charge on any atom is -0.381 e. The van der Waals surface area contributed by atoms with Crippen LogP contribution >= 0.6 is 0 Å². The molecule has 0 aromatic carbocycles. The number of hydrogen-bond acceptors (Lipinski definition) is 2. The largest absolute Gasteiger partial charge is 0.381 e. The molecule has 2 rings (SSSR count). The number of rotatable bonds is 0. The molecule has 2 nitrogen and oxygen atoms in total. The second-order valence-corrected chi connectivity index (χ2v) is 4.94. The number of ether oxygens (including phenoxy) is 2. The molecule has 2 fully saturated rings. The van der Waals surface area contributed by atoms with Gasteiger partial charge >= 0.3 is 0 Å². The molecule has 0 aliphatic carbocycles. The summed E-state index contributed by atoms with van der Waals surface area (Å²) in [5.41, 5.74) is 0. The Labute approximate surface area is 136 Å². The van der Waals surface area contributed by atoms with Crippen molar-refractivity contribution < 1.29 is 9.47 Å². The fourth-order valence-corrected chi connectivity index (χ4v) is 1.88. The molecule has 2 aliphatic heterocycles. The van der Waals surface area contributed by atoms with Gasteiger partial charge in [-0.15, -0.1) is 0 Å². The van der Waals surface area contributed by atoms with E-state index in [1.165, 1.54) is 32.1 Å². The Hall–Kier alpha value is -0.0800. The Kier molecular flexibility index (Phi) is 30.7. The van der Waals surface area contributed by atoms with Crippen LogP contribution in [0, 0.1) is 11.8 Å². The summed E-state index contributed by atoms with van der Waals surface area (Å²) in [5.74, 6) is 1.81. The molecule has 0 N–H and O–H groups in total. The van der Waals surface area contributed by atoms with Crippen molar-refractivity contribution in [3.8, 4) is 0 Å². The molecule has 0 radical (unpaired) electrons. The third-order valence-corrected chi connectivity index (χ3v) is 3.25. The van der Waals surface area contributed by atoms with Crippen molar-refractivity contribution in [3.63, 3.8) is 0 Å². The highest BCUT2D eigenvalue weighted by atomic mass is 16.5. The predicted octanol–water partition coefficient (Wildman–Crippen LogP) is 6.33. The van der Waals surface area contributed by atoms with Gasteiger partial charge in [0.1, 0.15) is 0 Å². The maximum absolute atomic E-state index is 5.26. The molecule has 0 spiro atoms. The molecule has 2 aliphatic rings. The number of hydrogen-bond donors (Lipinski definition) is 0. The molecule has 1 unspecified atom stereocenters. The van der Waals surface area contributed by atoms with Crippen LogP contribution < -0.4 is 0 Å². The van der Waals surface area contributed by atoms with Crippen molar-refractivity contribution >= 4 is 0 Å². The summed E-state index contributed by atoms with van der Waals surface area (Å²) in [6.07, 6.45) is 6.42. The molecule has 132 valence electrons. The summed E-state index contributed by atoms with van der Waals surface area (Å²) in [4.78, 5) is 0. The first kappa shape index (κ1) is 25.9. The molecular formula is C19H44O2. The Balaban J connectivity index is -0.000000229. The zero-order chi connectivity index (χ0) is 16.9. The van der Waals surface area contributed by atoms with Gasteiger partial charge in [-0.2, -0.15) is 0 Å². The van der Waals surface area contributed by atoms with Crippen molar-refractivity contribution in [2.75, 3.05) is 26.4 Å². The predicted molar refractivity (Wildman–Crippen MR) is 97.1 cm³/mol. The third kappa shape index (κ3) is 22.3. The summed E-state index contributed by atoms with van der Waals surface area (Å²) >= 11 is 0. The van der Waals surface area contributed by atoms with Crippen molar-refractivity contribution in [2.24, 2.45) is 11.8 Å². The van der Waals surface area contributed by atoms with E-state index in [9.17, 15) is 0 Å². The van der Waals surface area contributed by atoms with Crippen molar-refractivity contribution in [3.05, 3.63) is 0 Å². The van der Waals surface area contributed by atoms with Gasteiger partial charge < -0.3 is 9.47 Å².